The van der Waals surface area contributed by atoms with Gasteiger partial charge in [-0.15, -0.1) is 0 Å². The number of benzene rings is 1. The van der Waals surface area contributed by atoms with Crippen LogP contribution in [-0.4, -0.2) is 58.0 Å². The van der Waals surface area contributed by atoms with E-state index in [0.717, 1.165) is 17.9 Å². The van der Waals surface area contributed by atoms with Crippen LogP contribution in [0.3, 0.4) is 0 Å². The standard InChI is InChI=1S/C20H27N7O3/c21-15(18-25-9-10-26-18)5-6-16(20(29)30)27-19(28)14-3-1-13(2-4-14)11-22-12-17-23-7-8-24-17/h1-4,7-8,15-16,22H,5-6,9-12,21H2,(H,23,24)(H,25,26)(H,27,28)(H,29,30)/t15?,16-/m0/s1. The van der Waals surface area contributed by atoms with E-state index in [-0.39, 0.29) is 12.5 Å². The summed E-state index contributed by atoms with van der Waals surface area (Å²) in [6.45, 7) is 2.66. The van der Waals surface area contributed by atoms with E-state index in [1.807, 2.05) is 12.1 Å². The molecule has 0 aliphatic carbocycles. The van der Waals surface area contributed by atoms with E-state index in [1.165, 1.54) is 0 Å². The Morgan fingerprint density at radius 1 is 1.20 bits per heavy atom. The van der Waals surface area contributed by atoms with E-state index in [0.29, 0.717) is 37.5 Å². The van der Waals surface area contributed by atoms with Crippen LogP contribution < -0.4 is 21.7 Å². The van der Waals surface area contributed by atoms with Crippen LogP contribution in [0.2, 0.25) is 0 Å². The molecule has 30 heavy (non-hydrogen) atoms. The molecule has 1 amide bonds. The summed E-state index contributed by atoms with van der Waals surface area (Å²) < 4.78 is 0. The van der Waals surface area contributed by atoms with Gasteiger partial charge >= 0.3 is 5.97 Å². The van der Waals surface area contributed by atoms with Crippen molar-refractivity contribution < 1.29 is 14.7 Å². The van der Waals surface area contributed by atoms with Crippen LogP contribution >= 0.6 is 0 Å². The number of amides is 1. The van der Waals surface area contributed by atoms with Gasteiger partial charge in [0, 0.05) is 31.0 Å². The highest BCUT2D eigenvalue weighted by atomic mass is 16.4. The van der Waals surface area contributed by atoms with E-state index in [4.69, 9.17) is 5.73 Å². The van der Waals surface area contributed by atoms with Crippen molar-refractivity contribution in [2.45, 2.75) is 38.0 Å². The number of aromatic amines is 1. The van der Waals surface area contributed by atoms with Crippen molar-refractivity contribution >= 4 is 17.7 Å². The molecule has 2 aromatic rings. The molecule has 0 fully saturated rings. The Morgan fingerprint density at radius 3 is 2.63 bits per heavy atom. The highest BCUT2D eigenvalue weighted by Crippen LogP contribution is 2.08. The molecule has 3 rings (SSSR count). The summed E-state index contributed by atoms with van der Waals surface area (Å²) >= 11 is 0. The third-order valence-corrected chi connectivity index (χ3v) is 4.81. The van der Waals surface area contributed by atoms with Crippen LogP contribution in [0.25, 0.3) is 0 Å². The van der Waals surface area contributed by atoms with Gasteiger partial charge in [0.25, 0.3) is 5.91 Å². The number of nitrogens with zero attached hydrogens (tertiary/aromatic N) is 2. The Morgan fingerprint density at radius 2 is 2.00 bits per heavy atom. The van der Waals surface area contributed by atoms with Crippen LogP contribution in [-0.2, 0) is 17.9 Å². The predicted molar refractivity (Wildman–Crippen MR) is 112 cm³/mol. The molecule has 0 radical (unpaired) electrons. The number of carbonyl (C=O) groups is 2. The van der Waals surface area contributed by atoms with Gasteiger partial charge < -0.3 is 31.8 Å². The first-order chi connectivity index (χ1) is 14.5. The zero-order valence-electron chi connectivity index (χ0n) is 16.6. The van der Waals surface area contributed by atoms with Crippen LogP contribution in [0, 0.1) is 0 Å². The topological polar surface area (TPSA) is 158 Å². The molecule has 0 saturated carbocycles. The van der Waals surface area contributed by atoms with Gasteiger partial charge in [-0.1, -0.05) is 12.1 Å². The molecule has 10 nitrogen and oxygen atoms in total. The number of imidazole rings is 1. The lowest BCUT2D eigenvalue weighted by Crippen LogP contribution is -2.44. The summed E-state index contributed by atoms with van der Waals surface area (Å²) in [6, 6.07) is 5.65. The van der Waals surface area contributed by atoms with Crippen LogP contribution in [0.1, 0.15) is 34.6 Å². The molecule has 1 aliphatic rings. The maximum Gasteiger partial charge on any atom is 0.326 e. The number of aromatic nitrogens is 2. The number of aliphatic carboxylic acids is 1. The summed E-state index contributed by atoms with van der Waals surface area (Å²) in [5, 5.41) is 18.4. The summed E-state index contributed by atoms with van der Waals surface area (Å²) in [4.78, 5) is 35.4. The van der Waals surface area contributed by atoms with E-state index in [2.05, 4.69) is 30.9 Å². The maximum absolute atomic E-state index is 12.5. The molecule has 2 atom stereocenters. The number of H-pyrrole nitrogens is 1. The van der Waals surface area contributed by atoms with E-state index in [1.54, 1.807) is 24.5 Å². The highest BCUT2D eigenvalue weighted by molar-refractivity contribution is 5.96. The van der Waals surface area contributed by atoms with Gasteiger partial charge in [-0.3, -0.25) is 9.79 Å². The highest BCUT2D eigenvalue weighted by Gasteiger charge is 2.23. The van der Waals surface area contributed by atoms with Crippen molar-refractivity contribution in [1.29, 1.82) is 0 Å². The van der Waals surface area contributed by atoms with Crippen LogP contribution in [0.5, 0.6) is 0 Å². The Bertz CT molecular complexity index is 865. The third-order valence-electron chi connectivity index (χ3n) is 4.81. The van der Waals surface area contributed by atoms with Gasteiger partial charge in [-0.25, -0.2) is 9.78 Å². The summed E-state index contributed by atoms with van der Waals surface area (Å²) in [7, 11) is 0. The molecule has 0 spiro atoms. The minimum absolute atomic E-state index is 0.220. The van der Waals surface area contributed by atoms with Crippen molar-refractivity contribution in [1.82, 2.24) is 25.9 Å². The fourth-order valence-electron chi connectivity index (χ4n) is 3.14. The smallest absolute Gasteiger partial charge is 0.326 e. The largest absolute Gasteiger partial charge is 0.480 e. The monoisotopic (exact) mass is 413 g/mol. The first kappa shape index (κ1) is 21.5. The second-order valence-corrected chi connectivity index (χ2v) is 7.08. The van der Waals surface area contributed by atoms with Crippen molar-refractivity contribution in [2.75, 3.05) is 13.1 Å². The number of aliphatic imine (C=N–C) groups is 1. The molecule has 2 heterocycles. The SMILES string of the molecule is NC(CC[C@H](NC(=O)c1ccc(CNCc2ncc[nH]2)cc1)C(=O)O)C1=NCCN1. The number of rotatable bonds is 11. The van der Waals surface area contributed by atoms with Crippen molar-refractivity contribution in [3.63, 3.8) is 0 Å². The summed E-state index contributed by atoms with van der Waals surface area (Å²) in [5.41, 5.74) is 7.45. The van der Waals surface area contributed by atoms with Gasteiger partial charge in [-0.05, 0) is 30.5 Å². The Hall–Kier alpha value is -3.24. The quantitative estimate of drug-likeness (QED) is 0.302. The Labute approximate surface area is 174 Å². The normalized spacial score (nSPS) is 15.2. The Balaban J connectivity index is 1.47. The molecule has 1 aliphatic heterocycles. The van der Waals surface area contributed by atoms with E-state index >= 15 is 0 Å². The van der Waals surface area contributed by atoms with Gasteiger partial charge in [0.15, 0.2) is 0 Å². The van der Waals surface area contributed by atoms with Crippen LogP contribution in [0.15, 0.2) is 41.7 Å². The van der Waals surface area contributed by atoms with Crippen molar-refractivity contribution in [3.8, 4) is 0 Å². The van der Waals surface area contributed by atoms with Crippen molar-refractivity contribution in [3.05, 3.63) is 53.6 Å². The first-order valence-electron chi connectivity index (χ1n) is 9.88. The number of nitrogens with two attached hydrogens (primary N) is 1. The molecule has 1 unspecified atom stereocenters. The molecule has 160 valence electrons. The fraction of sp³-hybridized carbons (Fsp3) is 0.400. The second kappa shape index (κ2) is 10.5. The van der Waals surface area contributed by atoms with Gasteiger partial charge in [0.2, 0.25) is 0 Å². The van der Waals surface area contributed by atoms with E-state index in [9.17, 15) is 14.7 Å². The van der Waals surface area contributed by atoms with Gasteiger partial charge in [0.1, 0.15) is 17.7 Å². The number of nitrogens with one attached hydrogen (secondary N) is 4. The lowest BCUT2D eigenvalue weighted by molar-refractivity contribution is -0.139. The van der Waals surface area contributed by atoms with E-state index < -0.39 is 17.9 Å². The molecule has 1 aromatic heterocycles. The molecule has 0 saturated heterocycles. The van der Waals surface area contributed by atoms with Gasteiger partial charge in [0.05, 0.1) is 19.1 Å². The zero-order chi connectivity index (χ0) is 21.3. The fourth-order valence-corrected chi connectivity index (χ4v) is 3.14. The predicted octanol–water partition coefficient (Wildman–Crippen LogP) is -0.00830. The van der Waals surface area contributed by atoms with Crippen LogP contribution in [0.4, 0.5) is 0 Å². The average molecular weight is 413 g/mol. The lowest BCUT2D eigenvalue weighted by Gasteiger charge is -2.18. The molecule has 7 N–H and O–H groups in total. The minimum Gasteiger partial charge on any atom is -0.480 e. The lowest BCUT2D eigenvalue weighted by atomic mass is 10.0. The van der Waals surface area contributed by atoms with Gasteiger partial charge in [-0.2, -0.15) is 0 Å². The van der Waals surface area contributed by atoms with Crippen molar-refractivity contribution in [2.24, 2.45) is 10.7 Å². The first-order valence-corrected chi connectivity index (χ1v) is 9.88. The molecule has 1 aromatic carbocycles. The number of hydrogen-bond donors (Lipinski definition) is 6. The Kier molecular flexibility index (Phi) is 7.52. The summed E-state index contributed by atoms with van der Waals surface area (Å²) in [5.74, 6) is 0.0286. The second-order valence-electron chi connectivity index (χ2n) is 7.08. The number of carboxylic acid groups (broad SMARTS) is 1. The number of amidine groups is 1. The minimum atomic E-state index is -1.09. The number of hydrogen-bond acceptors (Lipinski definition) is 7. The molecular formula is C20H27N7O3. The molecule has 0 bridgehead atoms. The number of carboxylic acids is 1. The maximum atomic E-state index is 12.5. The summed E-state index contributed by atoms with van der Waals surface area (Å²) in [6.07, 6.45) is 4.09. The molecular weight excluding hydrogens is 386 g/mol. The third kappa shape index (κ3) is 6.13. The number of carbonyl (C=O) groups excluding carboxylic acids is 1. The zero-order valence-corrected chi connectivity index (χ0v) is 16.6. The molecule has 10 heteroatoms. The average Bonchev–Trinajstić information content (AvgIpc) is 3.45.